The number of anilines is 1. The first-order valence-corrected chi connectivity index (χ1v) is 5.68. The zero-order chi connectivity index (χ0) is 11.0. The highest BCUT2D eigenvalue weighted by molar-refractivity contribution is 6.18. The summed E-state index contributed by atoms with van der Waals surface area (Å²) in [5.41, 5.74) is 0.901. The third-order valence-electron chi connectivity index (χ3n) is 2.99. The van der Waals surface area contributed by atoms with Crippen LogP contribution in [-0.2, 0) is 0 Å². The van der Waals surface area contributed by atoms with E-state index in [0.717, 1.165) is 12.4 Å². The Kier molecular flexibility index (Phi) is 2.17. The number of aromatic nitrogens is 5. The highest BCUT2D eigenvalue weighted by Crippen LogP contribution is 2.46. The lowest BCUT2D eigenvalue weighted by atomic mass is 10.1. The Bertz CT molecular complexity index is 505. The molecule has 84 valence electrons. The van der Waals surface area contributed by atoms with Crippen LogP contribution in [-0.4, -0.2) is 37.4 Å². The van der Waals surface area contributed by atoms with Crippen LogP contribution in [0.5, 0.6) is 0 Å². The van der Waals surface area contributed by atoms with Gasteiger partial charge in [-0.2, -0.15) is 4.52 Å². The first-order chi connectivity index (χ1) is 7.83. The fraction of sp³-hybridized carbons (Fsp3) is 0.556. The number of hydrogen-bond acceptors (Lipinski definition) is 5. The summed E-state index contributed by atoms with van der Waals surface area (Å²) in [7, 11) is 0. The second-order valence-electron chi connectivity index (χ2n) is 4.23. The average molecular weight is 239 g/mol. The first-order valence-electron chi connectivity index (χ1n) is 5.15. The van der Waals surface area contributed by atoms with Crippen LogP contribution >= 0.6 is 11.6 Å². The SMILES string of the molecule is ClCC1(CNc2cncc3nnnn23)CC1. The van der Waals surface area contributed by atoms with Gasteiger partial charge in [-0.1, -0.05) is 0 Å². The lowest BCUT2D eigenvalue weighted by Gasteiger charge is -2.13. The molecule has 7 heteroatoms. The standard InChI is InChI=1S/C9H11ClN6/c10-5-9(1-2-9)6-12-7-3-11-4-8-13-14-15-16(7)8/h3-4,12H,1-2,5-6H2. The molecule has 2 aromatic rings. The normalized spacial score (nSPS) is 17.6. The van der Waals surface area contributed by atoms with E-state index < -0.39 is 0 Å². The van der Waals surface area contributed by atoms with Crippen LogP contribution in [0.25, 0.3) is 5.65 Å². The maximum atomic E-state index is 5.92. The molecule has 0 saturated heterocycles. The number of rotatable bonds is 4. The molecule has 1 saturated carbocycles. The lowest BCUT2D eigenvalue weighted by molar-refractivity contribution is 0.614. The van der Waals surface area contributed by atoms with Gasteiger partial charge in [-0.25, -0.2) is 0 Å². The lowest BCUT2D eigenvalue weighted by Crippen LogP contribution is -2.18. The summed E-state index contributed by atoms with van der Waals surface area (Å²) >= 11 is 5.92. The highest BCUT2D eigenvalue weighted by Gasteiger charge is 2.41. The van der Waals surface area contributed by atoms with Gasteiger partial charge in [0.2, 0.25) is 0 Å². The Morgan fingerprint density at radius 1 is 1.44 bits per heavy atom. The van der Waals surface area contributed by atoms with Crippen molar-refractivity contribution in [3.05, 3.63) is 12.4 Å². The van der Waals surface area contributed by atoms with Crippen LogP contribution in [0.1, 0.15) is 12.8 Å². The molecule has 0 atom stereocenters. The van der Waals surface area contributed by atoms with Crippen molar-refractivity contribution in [2.24, 2.45) is 5.41 Å². The number of alkyl halides is 1. The van der Waals surface area contributed by atoms with Gasteiger partial charge in [-0.3, -0.25) is 4.98 Å². The summed E-state index contributed by atoms with van der Waals surface area (Å²) in [6, 6.07) is 0. The smallest absolute Gasteiger partial charge is 0.199 e. The molecule has 3 rings (SSSR count). The number of tetrazole rings is 1. The molecule has 1 N–H and O–H groups in total. The third-order valence-corrected chi connectivity index (χ3v) is 3.56. The summed E-state index contributed by atoms with van der Waals surface area (Å²) in [4.78, 5) is 4.07. The second-order valence-corrected chi connectivity index (χ2v) is 4.50. The number of halogens is 1. The molecule has 0 radical (unpaired) electrons. The Morgan fingerprint density at radius 3 is 3.06 bits per heavy atom. The summed E-state index contributed by atoms with van der Waals surface area (Å²) in [5, 5.41) is 14.6. The number of hydrogen-bond donors (Lipinski definition) is 1. The zero-order valence-corrected chi connectivity index (χ0v) is 9.35. The van der Waals surface area contributed by atoms with E-state index in [1.54, 1.807) is 16.9 Å². The maximum Gasteiger partial charge on any atom is 0.199 e. The van der Waals surface area contributed by atoms with E-state index in [1.807, 2.05) is 0 Å². The van der Waals surface area contributed by atoms with Crippen molar-refractivity contribution in [1.29, 1.82) is 0 Å². The van der Waals surface area contributed by atoms with Crippen molar-refractivity contribution in [2.45, 2.75) is 12.8 Å². The molecular formula is C9H11ClN6. The van der Waals surface area contributed by atoms with Gasteiger partial charge in [0.05, 0.1) is 12.4 Å². The number of fused-ring (bicyclic) bond motifs is 1. The zero-order valence-electron chi connectivity index (χ0n) is 8.60. The molecule has 1 fully saturated rings. The first kappa shape index (κ1) is 9.77. The predicted octanol–water partition coefficient (Wildman–Crippen LogP) is 0.950. The fourth-order valence-electron chi connectivity index (χ4n) is 1.61. The van der Waals surface area contributed by atoms with Gasteiger partial charge in [-0.05, 0) is 23.3 Å². The number of nitrogens with zero attached hydrogens (tertiary/aromatic N) is 5. The van der Waals surface area contributed by atoms with Crippen LogP contribution in [0.15, 0.2) is 12.4 Å². The van der Waals surface area contributed by atoms with E-state index >= 15 is 0 Å². The second kappa shape index (κ2) is 3.55. The molecule has 16 heavy (non-hydrogen) atoms. The van der Waals surface area contributed by atoms with Gasteiger partial charge < -0.3 is 5.32 Å². The van der Waals surface area contributed by atoms with Crippen molar-refractivity contribution in [2.75, 3.05) is 17.7 Å². The van der Waals surface area contributed by atoms with Crippen molar-refractivity contribution in [1.82, 2.24) is 25.0 Å². The number of nitrogens with one attached hydrogen (secondary N) is 1. The topological polar surface area (TPSA) is 68.0 Å². The molecule has 0 aliphatic heterocycles. The Hall–Kier alpha value is -1.43. The van der Waals surface area contributed by atoms with Crippen molar-refractivity contribution < 1.29 is 0 Å². The van der Waals surface area contributed by atoms with E-state index in [9.17, 15) is 0 Å². The van der Waals surface area contributed by atoms with Crippen LogP contribution in [0.4, 0.5) is 5.82 Å². The molecular weight excluding hydrogens is 228 g/mol. The minimum atomic E-state index is 0.262. The molecule has 0 amide bonds. The van der Waals surface area contributed by atoms with Crippen LogP contribution in [0.3, 0.4) is 0 Å². The summed E-state index contributed by atoms with van der Waals surface area (Å²) in [6.45, 7) is 0.844. The highest BCUT2D eigenvalue weighted by atomic mass is 35.5. The quantitative estimate of drug-likeness (QED) is 0.804. The van der Waals surface area contributed by atoms with E-state index in [4.69, 9.17) is 11.6 Å². The average Bonchev–Trinajstić information content (AvgIpc) is 2.94. The molecule has 1 aliphatic rings. The van der Waals surface area contributed by atoms with Crippen molar-refractivity contribution >= 4 is 23.1 Å². The fourth-order valence-corrected chi connectivity index (χ4v) is 1.97. The van der Waals surface area contributed by atoms with Gasteiger partial charge in [0, 0.05) is 17.8 Å². The van der Waals surface area contributed by atoms with Gasteiger partial charge in [0.15, 0.2) is 5.65 Å². The van der Waals surface area contributed by atoms with Crippen LogP contribution in [0.2, 0.25) is 0 Å². The molecule has 0 spiro atoms. The summed E-state index contributed by atoms with van der Waals surface area (Å²) < 4.78 is 1.64. The predicted molar refractivity (Wildman–Crippen MR) is 59.5 cm³/mol. The minimum Gasteiger partial charge on any atom is -0.368 e. The van der Waals surface area contributed by atoms with E-state index in [2.05, 4.69) is 25.8 Å². The maximum absolute atomic E-state index is 5.92. The molecule has 2 aromatic heterocycles. The summed E-state index contributed by atoms with van der Waals surface area (Å²) in [6.07, 6.45) is 5.71. The van der Waals surface area contributed by atoms with Gasteiger partial charge >= 0.3 is 0 Å². The third kappa shape index (κ3) is 1.59. The molecule has 0 unspecified atom stereocenters. The van der Waals surface area contributed by atoms with Crippen molar-refractivity contribution in [3.63, 3.8) is 0 Å². The monoisotopic (exact) mass is 238 g/mol. The molecule has 0 aromatic carbocycles. The van der Waals surface area contributed by atoms with Crippen LogP contribution in [0, 0.1) is 5.41 Å². The minimum absolute atomic E-state index is 0.262. The Balaban J connectivity index is 1.81. The largest absolute Gasteiger partial charge is 0.368 e. The van der Waals surface area contributed by atoms with E-state index in [1.165, 1.54) is 12.8 Å². The molecule has 0 bridgehead atoms. The van der Waals surface area contributed by atoms with Crippen LogP contribution < -0.4 is 5.32 Å². The van der Waals surface area contributed by atoms with Gasteiger partial charge in [-0.15, -0.1) is 16.7 Å². The molecule has 1 aliphatic carbocycles. The molecule has 2 heterocycles. The van der Waals surface area contributed by atoms with E-state index in [-0.39, 0.29) is 5.41 Å². The van der Waals surface area contributed by atoms with E-state index in [0.29, 0.717) is 11.5 Å². The van der Waals surface area contributed by atoms with Gasteiger partial charge in [0.25, 0.3) is 0 Å². The Labute approximate surface area is 97.0 Å². The molecule has 6 nitrogen and oxygen atoms in total. The Morgan fingerprint density at radius 2 is 2.31 bits per heavy atom. The van der Waals surface area contributed by atoms with Crippen molar-refractivity contribution in [3.8, 4) is 0 Å². The summed E-state index contributed by atoms with van der Waals surface area (Å²) in [5.74, 6) is 1.50. The van der Waals surface area contributed by atoms with Gasteiger partial charge in [0.1, 0.15) is 5.82 Å².